The monoisotopic (exact) mass is 244 g/mol. The third kappa shape index (κ3) is 1.90. The normalized spacial score (nSPS) is 10.6. The predicted octanol–water partition coefficient (Wildman–Crippen LogP) is 2.27. The van der Waals surface area contributed by atoms with Crippen molar-refractivity contribution in [3.63, 3.8) is 0 Å². The number of rotatable bonds is 2. The van der Waals surface area contributed by atoms with Gasteiger partial charge in [-0.2, -0.15) is 5.10 Å². The second kappa shape index (κ2) is 3.99. The number of anilines is 1. The Labute approximate surface area is 101 Å². The molecule has 0 aliphatic carbocycles. The van der Waals surface area contributed by atoms with Crippen LogP contribution in [0.3, 0.4) is 0 Å². The van der Waals surface area contributed by atoms with Crippen molar-refractivity contribution < 1.29 is 4.79 Å². The Balaban J connectivity index is 1.87. The van der Waals surface area contributed by atoms with Crippen molar-refractivity contribution in [2.24, 2.45) is 0 Å². The summed E-state index contributed by atoms with van der Waals surface area (Å²) in [5.41, 5.74) is 1.61. The molecular weight excluding hydrogens is 236 g/mol. The summed E-state index contributed by atoms with van der Waals surface area (Å²) in [5.74, 6) is -0.195. The number of hydrogen-bond acceptors (Lipinski definition) is 4. The lowest BCUT2D eigenvalue weighted by Crippen LogP contribution is -2.11. The van der Waals surface area contributed by atoms with Gasteiger partial charge in [0.25, 0.3) is 5.91 Å². The molecule has 5 nitrogen and oxygen atoms in total. The quantitative estimate of drug-likeness (QED) is 0.726. The number of amides is 1. The minimum absolute atomic E-state index is 0.195. The third-order valence-corrected chi connectivity index (χ3v) is 3.10. The Morgan fingerprint density at radius 1 is 1.41 bits per heavy atom. The predicted molar refractivity (Wildman–Crippen MR) is 66.2 cm³/mol. The molecule has 3 aromatic rings. The first-order chi connectivity index (χ1) is 8.33. The maximum Gasteiger partial charge on any atom is 0.284 e. The number of nitrogens with zero attached hydrogens (tertiary/aromatic N) is 2. The molecule has 0 aliphatic heterocycles. The first-order valence-electron chi connectivity index (χ1n) is 4.97. The van der Waals surface area contributed by atoms with Crippen molar-refractivity contribution in [3.8, 4) is 0 Å². The lowest BCUT2D eigenvalue weighted by molar-refractivity contribution is 0.102. The zero-order valence-electron chi connectivity index (χ0n) is 8.68. The molecule has 2 aromatic heterocycles. The molecule has 0 bridgehead atoms. The minimum Gasteiger partial charge on any atom is -0.320 e. The number of carbonyl (C=O) groups is 1. The number of thiazole rings is 1. The van der Waals surface area contributed by atoms with Crippen molar-refractivity contribution >= 4 is 33.8 Å². The highest BCUT2D eigenvalue weighted by atomic mass is 32.1. The molecule has 84 valence electrons. The van der Waals surface area contributed by atoms with Crippen LogP contribution < -0.4 is 5.32 Å². The minimum atomic E-state index is -0.195. The summed E-state index contributed by atoms with van der Waals surface area (Å²) in [5, 5.41) is 12.8. The first kappa shape index (κ1) is 9.98. The third-order valence-electron chi connectivity index (χ3n) is 2.33. The Morgan fingerprint density at radius 3 is 3.18 bits per heavy atom. The van der Waals surface area contributed by atoms with Gasteiger partial charge in [-0.3, -0.25) is 9.89 Å². The summed E-state index contributed by atoms with van der Waals surface area (Å²) in [6, 6.07) is 5.58. The van der Waals surface area contributed by atoms with Crippen LogP contribution >= 0.6 is 11.3 Å². The van der Waals surface area contributed by atoms with E-state index in [0.717, 1.165) is 16.6 Å². The van der Waals surface area contributed by atoms with Gasteiger partial charge >= 0.3 is 0 Å². The number of aromatic amines is 1. The van der Waals surface area contributed by atoms with Gasteiger partial charge in [0.05, 0.1) is 11.7 Å². The highest BCUT2D eigenvalue weighted by molar-refractivity contribution is 7.11. The molecule has 0 saturated heterocycles. The Kier molecular flexibility index (Phi) is 2.34. The van der Waals surface area contributed by atoms with Crippen LogP contribution in [0.1, 0.15) is 9.80 Å². The molecule has 2 heterocycles. The Morgan fingerprint density at radius 2 is 2.35 bits per heavy atom. The number of H-pyrrole nitrogens is 1. The average molecular weight is 244 g/mol. The van der Waals surface area contributed by atoms with E-state index in [-0.39, 0.29) is 5.91 Å². The van der Waals surface area contributed by atoms with Crippen LogP contribution in [0.5, 0.6) is 0 Å². The molecule has 0 unspecified atom stereocenters. The van der Waals surface area contributed by atoms with E-state index in [4.69, 9.17) is 0 Å². The molecule has 0 spiro atoms. The Hall–Kier alpha value is -2.21. The second-order valence-electron chi connectivity index (χ2n) is 3.46. The van der Waals surface area contributed by atoms with Crippen molar-refractivity contribution in [2.75, 3.05) is 5.32 Å². The molecule has 0 fully saturated rings. The summed E-state index contributed by atoms with van der Waals surface area (Å²) in [6.45, 7) is 0. The number of aromatic nitrogens is 3. The van der Waals surface area contributed by atoms with Gasteiger partial charge in [-0.05, 0) is 18.2 Å². The van der Waals surface area contributed by atoms with Crippen LogP contribution in [-0.2, 0) is 0 Å². The fourth-order valence-corrected chi connectivity index (χ4v) is 2.07. The smallest absolute Gasteiger partial charge is 0.284 e. The van der Waals surface area contributed by atoms with Crippen LogP contribution in [0.2, 0.25) is 0 Å². The molecule has 6 heteroatoms. The fraction of sp³-hybridized carbons (Fsp3) is 0. The van der Waals surface area contributed by atoms with E-state index in [1.807, 2.05) is 18.2 Å². The molecule has 17 heavy (non-hydrogen) atoms. The van der Waals surface area contributed by atoms with Crippen LogP contribution in [0.25, 0.3) is 10.9 Å². The van der Waals surface area contributed by atoms with E-state index < -0.39 is 0 Å². The van der Waals surface area contributed by atoms with Crippen LogP contribution in [0.15, 0.2) is 36.0 Å². The highest BCUT2D eigenvalue weighted by Gasteiger charge is 2.08. The van der Waals surface area contributed by atoms with Crippen LogP contribution in [-0.4, -0.2) is 21.1 Å². The van der Waals surface area contributed by atoms with Gasteiger partial charge in [-0.1, -0.05) is 0 Å². The van der Waals surface area contributed by atoms with Gasteiger partial charge in [-0.15, -0.1) is 11.3 Å². The van der Waals surface area contributed by atoms with Gasteiger partial charge in [0.2, 0.25) is 0 Å². The van der Waals surface area contributed by atoms with Crippen molar-refractivity contribution in [1.29, 1.82) is 0 Å². The molecule has 1 amide bonds. The summed E-state index contributed by atoms with van der Waals surface area (Å²) in [7, 11) is 0. The number of fused-ring (bicyclic) bond motifs is 1. The van der Waals surface area contributed by atoms with Gasteiger partial charge in [0, 0.05) is 22.7 Å². The largest absolute Gasteiger partial charge is 0.320 e. The lowest BCUT2D eigenvalue weighted by Gasteiger charge is -2.02. The van der Waals surface area contributed by atoms with Gasteiger partial charge in [0.15, 0.2) is 5.01 Å². The first-order valence-corrected chi connectivity index (χ1v) is 5.85. The SMILES string of the molecule is O=C(Nc1ccc2cn[nH]c2c1)c1nccs1. The van der Waals surface area contributed by atoms with E-state index in [2.05, 4.69) is 20.5 Å². The standard InChI is InChI=1S/C11H8N4OS/c16-10(11-12-3-4-17-11)14-8-2-1-7-6-13-15-9(7)5-8/h1-6H,(H,13,15)(H,14,16). The molecule has 0 aliphatic rings. The van der Waals surface area contributed by atoms with E-state index in [9.17, 15) is 4.79 Å². The van der Waals surface area contributed by atoms with Gasteiger partial charge < -0.3 is 5.32 Å². The number of hydrogen-bond donors (Lipinski definition) is 2. The van der Waals surface area contributed by atoms with E-state index in [1.54, 1.807) is 17.8 Å². The van der Waals surface area contributed by atoms with Crippen molar-refractivity contribution in [3.05, 3.63) is 41.0 Å². The highest BCUT2D eigenvalue weighted by Crippen LogP contribution is 2.17. The molecule has 2 N–H and O–H groups in total. The molecule has 0 saturated carbocycles. The zero-order valence-corrected chi connectivity index (χ0v) is 9.49. The van der Waals surface area contributed by atoms with E-state index in [1.165, 1.54) is 11.3 Å². The van der Waals surface area contributed by atoms with Gasteiger partial charge in [-0.25, -0.2) is 4.98 Å². The molecule has 1 aromatic carbocycles. The summed E-state index contributed by atoms with van der Waals surface area (Å²) < 4.78 is 0. The molecular formula is C11H8N4OS. The number of benzene rings is 1. The second-order valence-corrected chi connectivity index (χ2v) is 4.36. The van der Waals surface area contributed by atoms with Gasteiger partial charge in [0.1, 0.15) is 0 Å². The molecule has 3 rings (SSSR count). The molecule has 0 radical (unpaired) electrons. The Bertz CT molecular complexity index is 659. The lowest BCUT2D eigenvalue weighted by atomic mass is 10.2. The average Bonchev–Trinajstić information content (AvgIpc) is 2.99. The van der Waals surface area contributed by atoms with Crippen LogP contribution in [0.4, 0.5) is 5.69 Å². The van der Waals surface area contributed by atoms with E-state index >= 15 is 0 Å². The number of carbonyl (C=O) groups excluding carboxylic acids is 1. The van der Waals surface area contributed by atoms with Crippen molar-refractivity contribution in [2.45, 2.75) is 0 Å². The number of nitrogens with one attached hydrogen (secondary N) is 2. The topological polar surface area (TPSA) is 70.7 Å². The van der Waals surface area contributed by atoms with Crippen LogP contribution in [0, 0.1) is 0 Å². The fourth-order valence-electron chi connectivity index (χ4n) is 1.53. The molecule has 0 atom stereocenters. The summed E-state index contributed by atoms with van der Waals surface area (Å²) >= 11 is 1.31. The van der Waals surface area contributed by atoms with Crippen molar-refractivity contribution in [1.82, 2.24) is 15.2 Å². The summed E-state index contributed by atoms with van der Waals surface area (Å²) in [4.78, 5) is 15.7. The maximum atomic E-state index is 11.8. The van der Waals surface area contributed by atoms with E-state index in [0.29, 0.717) is 5.01 Å². The zero-order chi connectivity index (χ0) is 11.7. The summed E-state index contributed by atoms with van der Waals surface area (Å²) in [6.07, 6.45) is 3.35. The maximum absolute atomic E-state index is 11.8.